The second kappa shape index (κ2) is 8.60. The highest BCUT2D eigenvalue weighted by molar-refractivity contribution is 5.92. The third-order valence-electron chi connectivity index (χ3n) is 4.26. The molecule has 25 heavy (non-hydrogen) atoms. The molecule has 0 spiro atoms. The zero-order valence-corrected chi connectivity index (χ0v) is 14.4. The van der Waals surface area contributed by atoms with Gasteiger partial charge in [0.2, 0.25) is 0 Å². The van der Waals surface area contributed by atoms with Crippen LogP contribution in [-0.4, -0.2) is 50.8 Å². The molecule has 0 saturated carbocycles. The minimum atomic E-state index is -0.173. The van der Waals surface area contributed by atoms with Gasteiger partial charge in [0, 0.05) is 39.3 Å². The number of nitrogens with zero attached hydrogens (tertiary/aromatic N) is 2. The summed E-state index contributed by atoms with van der Waals surface area (Å²) in [5.41, 5.74) is 1.70. The number of ether oxygens (including phenoxy) is 1. The van der Waals surface area contributed by atoms with E-state index in [9.17, 15) is 4.79 Å². The Bertz CT molecular complexity index is 693. The molecule has 1 aliphatic rings. The summed E-state index contributed by atoms with van der Waals surface area (Å²) in [4.78, 5) is 19.0. The van der Waals surface area contributed by atoms with E-state index in [0.717, 1.165) is 25.5 Å². The average molecular weight is 340 g/mol. The van der Waals surface area contributed by atoms with Gasteiger partial charge in [-0.3, -0.25) is 4.79 Å². The van der Waals surface area contributed by atoms with E-state index in [1.165, 1.54) is 5.56 Å². The number of nitrogens with one attached hydrogen (secondary N) is 2. The lowest BCUT2D eigenvalue weighted by molar-refractivity contribution is 0.0932. The highest BCUT2D eigenvalue weighted by Crippen LogP contribution is 2.21. The van der Waals surface area contributed by atoms with Crippen molar-refractivity contribution < 1.29 is 9.53 Å². The number of carbonyl (C=O) groups is 1. The third kappa shape index (κ3) is 4.55. The predicted octanol–water partition coefficient (Wildman–Crippen LogP) is 1.61. The van der Waals surface area contributed by atoms with Crippen molar-refractivity contribution in [2.45, 2.75) is 6.04 Å². The van der Waals surface area contributed by atoms with Gasteiger partial charge in [-0.1, -0.05) is 36.4 Å². The summed E-state index contributed by atoms with van der Waals surface area (Å²) < 4.78 is 4.95. The number of hydrogen-bond donors (Lipinski definition) is 2. The summed E-state index contributed by atoms with van der Waals surface area (Å²) >= 11 is 0. The van der Waals surface area contributed by atoms with Gasteiger partial charge >= 0.3 is 0 Å². The molecule has 1 unspecified atom stereocenters. The fraction of sp³-hybridized carbons (Fsp3) is 0.368. The molecule has 1 aromatic heterocycles. The second-order valence-corrected chi connectivity index (χ2v) is 5.99. The maximum absolute atomic E-state index is 12.2. The lowest BCUT2D eigenvalue weighted by atomic mass is 10.0. The lowest BCUT2D eigenvalue weighted by Crippen LogP contribution is -2.46. The summed E-state index contributed by atoms with van der Waals surface area (Å²) in [6, 6.07) is 16.2. The van der Waals surface area contributed by atoms with Crippen molar-refractivity contribution in [3.05, 3.63) is 59.8 Å². The molecule has 2 aromatic rings. The van der Waals surface area contributed by atoms with Crippen LogP contribution >= 0.6 is 0 Å². The Kier molecular flexibility index (Phi) is 5.98. The van der Waals surface area contributed by atoms with Gasteiger partial charge < -0.3 is 20.3 Å². The molecule has 1 saturated heterocycles. The number of rotatable bonds is 6. The zero-order chi connectivity index (χ0) is 17.5. The molecular formula is C19H24N4O2. The topological polar surface area (TPSA) is 66.5 Å². The molecule has 132 valence electrons. The molecule has 6 nitrogen and oxygen atoms in total. The van der Waals surface area contributed by atoms with Crippen molar-refractivity contribution in [2.75, 3.05) is 44.8 Å². The maximum Gasteiger partial charge on any atom is 0.270 e. The molecular weight excluding hydrogens is 316 g/mol. The van der Waals surface area contributed by atoms with E-state index in [1.54, 1.807) is 13.2 Å². The van der Waals surface area contributed by atoms with Gasteiger partial charge in [0.15, 0.2) is 0 Å². The lowest BCUT2D eigenvalue weighted by Gasteiger charge is -2.34. The molecule has 6 heteroatoms. The quantitative estimate of drug-likeness (QED) is 0.782. The average Bonchev–Trinajstić information content (AvgIpc) is 2.69. The molecule has 2 heterocycles. The monoisotopic (exact) mass is 340 g/mol. The smallest absolute Gasteiger partial charge is 0.270 e. The van der Waals surface area contributed by atoms with E-state index < -0.39 is 0 Å². The molecule has 0 aliphatic carbocycles. The van der Waals surface area contributed by atoms with Crippen LogP contribution in [0.1, 0.15) is 22.1 Å². The number of benzene rings is 1. The molecule has 0 radical (unpaired) electrons. The Balaban J connectivity index is 1.69. The van der Waals surface area contributed by atoms with E-state index in [0.29, 0.717) is 18.8 Å². The van der Waals surface area contributed by atoms with Crippen LogP contribution in [0.3, 0.4) is 0 Å². The van der Waals surface area contributed by atoms with E-state index in [1.807, 2.05) is 18.2 Å². The predicted molar refractivity (Wildman–Crippen MR) is 97.8 cm³/mol. The van der Waals surface area contributed by atoms with Crippen molar-refractivity contribution in [3.8, 4) is 0 Å². The summed E-state index contributed by atoms with van der Waals surface area (Å²) in [5, 5.41) is 6.35. The van der Waals surface area contributed by atoms with E-state index >= 15 is 0 Å². The molecule has 1 amide bonds. The van der Waals surface area contributed by atoms with E-state index in [4.69, 9.17) is 4.74 Å². The van der Waals surface area contributed by atoms with Crippen molar-refractivity contribution in [2.24, 2.45) is 0 Å². The minimum absolute atomic E-state index is 0.173. The number of piperazine rings is 1. The number of methoxy groups -OCH3 is 1. The van der Waals surface area contributed by atoms with Crippen LogP contribution < -0.4 is 15.5 Å². The molecule has 1 aromatic carbocycles. The number of carbonyl (C=O) groups excluding carboxylic acids is 1. The number of hydrogen-bond acceptors (Lipinski definition) is 5. The molecule has 3 rings (SSSR count). The Morgan fingerprint density at radius 1 is 1.28 bits per heavy atom. The zero-order valence-electron chi connectivity index (χ0n) is 14.4. The van der Waals surface area contributed by atoms with Gasteiger partial charge in [0.1, 0.15) is 11.5 Å². The highest BCUT2D eigenvalue weighted by atomic mass is 16.5. The first-order valence-electron chi connectivity index (χ1n) is 8.55. The summed E-state index contributed by atoms with van der Waals surface area (Å²) in [7, 11) is 1.61. The molecule has 1 aliphatic heterocycles. The molecule has 0 bridgehead atoms. The number of aromatic nitrogens is 1. The normalized spacial score (nSPS) is 17.3. The minimum Gasteiger partial charge on any atom is -0.383 e. The van der Waals surface area contributed by atoms with E-state index in [-0.39, 0.29) is 11.9 Å². The first-order valence-corrected chi connectivity index (χ1v) is 8.55. The SMILES string of the molecule is COCCNC(=O)c1cccc(N2CCNC(c3ccccc3)C2)n1. The Labute approximate surface area is 148 Å². The van der Waals surface area contributed by atoms with Crippen molar-refractivity contribution in [3.63, 3.8) is 0 Å². The maximum atomic E-state index is 12.2. The van der Waals surface area contributed by atoms with Gasteiger partial charge in [-0.15, -0.1) is 0 Å². The summed E-state index contributed by atoms with van der Waals surface area (Å²) in [5.74, 6) is 0.662. The van der Waals surface area contributed by atoms with Gasteiger partial charge in [0.25, 0.3) is 5.91 Å². The summed E-state index contributed by atoms with van der Waals surface area (Å²) in [6.45, 7) is 3.54. The Morgan fingerprint density at radius 3 is 2.92 bits per heavy atom. The van der Waals surface area contributed by atoms with Crippen molar-refractivity contribution in [1.29, 1.82) is 0 Å². The number of anilines is 1. The van der Waals surface area contributed by atoms with Crippen LogP contribution in [-0.2, 0) is 4.74 Å². The number of amides is 1. The Hall–Kier alpha value is -2.44. The molecule has 2 N–H and O–H groups in total. The fourth-order valence-electron chi connectivity index (χ4n) is 2.95. The highest BCUT2D eigenvalue weighted by Gasteiger charge is 2.22. The largest absolute Gasteiger partial charge is 0.383 e. The van der Waals surface area contributed by atoms with Crippen LogP contribution in [0.25, 0.3) is 0 Å². The van der Waals surface area contributed by atoms with Crippen LogP contribution in [0.4, 0.5) is 5.82 Å². The first-order chi connectivity index (χ1) is 12.3. The standard InChI is InChI=1S/C19H24N4O2/c1-25-13-11-21-19(24)16-8-5-9-18(22-16)23-12-10-20-17(14-23)15-6-3-2-4-7-15/h2-9,17,20H,10-14H2,1H3,(H,21,24). The van der Waals surface area contributed by atoms with Crippen LogP contribution in [0.2, 0.25) is 0 Å². The molecule has 1 atom stereocenters. The van der Waals surface area contributed by atoms with Crippen LogP contribution in [0.15, 0.2) is 48.5 Å². The van der Waals surface area contributed by atoms with Gasteiger partial charge in [0.05, 0.1) is 6.61 Å². The van der Waals surface area contributed by atoms with Gasteiger partial charge in [-0.05, 0) is 17.7 Å². The second-order valence-electron chi connectivity index (χ2n) is 5.99. The summed E-state index contributed by atoms with van der Waals surface area (Å²) in [6.07, 6.45) is 0. The third-order valence-corrected chi connectivity index (χ3v) is 4.26. The van der Waals surface area contributed by atoms with Crippen LogP contribution in [0.5, 0.6) is 0 Å². The fourth-order valence-corrected chi connectivity index (χ4v) is 2.95. The van der Waals surface area contributed by atoms with Gasteiger partial charge in [-0.2, -0.15) is 0 Å². The van der Waals surface area contributed by atoms with Gasteiger partial charge in [-0.25, -0.2) is 4.98 Å². The number of pyridine rings is 1. The van der Waals surface area contributed by atoms with E-state index in [2.05, 4.69) is 44.8 Å². The Morgan fingerprint density at radius 2 is 2.12 bits per heavy atom. The van der Waals surface area contributed by atoms with Crippen molar-refractivity contribution >= 4 is 11.7 Å². The molecule has 1 fully saturated rings. The first kappa shape index (κ1) is 17.4. The van der Waals surface area contributed by atoms with Crippen molar-refractivity contribution in [1.82, 2.24) is 15.6 Å². The van der Waals surface area contributed by atoms with Crippen LogP contribution in [0, 0.1) is 0 Å².